The summed E-state index contributed by atoms with van der Waals surface area (Å²) in [6.07, 6.45) is 6.77. The maximum atomic E-state index is 5.87. The van der Waals surface area contributed by atoms with Gasteiger partial charge in [0, 0.05) is 25.4 Å². The first-order valence-electron chi connectivity index (χ1n) is 6.74. The molecule has 2 aromatic heterocycles. The molecule has 3 rings (SSSR count). The molecule has 1 aliphatic rings. The van der Waals surface area contributed by atoms with Crippen molar-refractivity contribution in [3.63, 3.8) is 0 Å². The molecule has 7 nitrogen and oxygen atoms in total. The van der Waals surface area contributed by atoms with Gasteiger partial charge in [0.1, 0.15) is 23.8 Å². The molecule has 0 saturated carbocycles. The van der Waals surface area contributed by atoms with Gasteiger partial charge < -0.3 is 16.0 Å². The lowest BCUT2D eigenvalue weighted by Crippen LogP contribution is -2.31. The van der Waals surface area contributed by atoms with Crippen LogP contribution in [0, 0.1) is 0 Å². The van der Waals surface area contributed by atoms with Crippen molar-refractivity contribution >= 4 is 23.4 Å². The van der Waals surface area contributed by atoms with Gasteiger partial charge in [-0.1, -0.05) is 0 Å². The van der Waals surface area contributed by atoms with Crippen LogP contribution in [0.3, 0.4) is 0 Å². The van der Waals surface area contributed by atoms with Crippen LogP contribution >= 0.6 is 0 Å². The topological polar surface area (TPSA) is 92.8 Å². The molecule has 1 aliphatic heterocycles. The van der Waals surface area contributed by atoms with E-state index in [1.165, 1.54) is 25.6 Å². The molecule has 2 aromatic rings. The highest BCUT2D eigenvalue weighted by Gasteiger charge is 2.14. The summed E-state index contributed by atoms with van der Waals surface area (Å²) in [5.74, 6) is 2.47. The van der Waals surface area contributed by atoms with Crippen LogP contribution in [0.2, 0.25) is 0 Å². The molecule has 0 bridgehead atoms. The van der Waals surface area contributed by atoms with Gasteiger partial charge in [0.2, 0.25) is 5.95 Å². The van der Waals surface area contributed by atoms with E-state index < -0.39 is 0 Å². The van der Waals surface area contributed by atoms with Crippen molar-refractivity contribution in [1.82, 2.24) is 19.9 Å². The zero-order valence-corrected chi connectivity index (χ0v) is 11.2. The second-order valence-corrected chi connectivity index (χ2v) is 4.75. The zero-order chi connectivity index (χ0) is 13.8. The van der Waals surface area contributed by atoms with Crippen molar-refractivity contribution in [3.05, 3.63) is 24.7 Å². The Balaban J connectivity index is 1.82. The second-order valence-electron chi connectivity index (χ2n) is 4.75. The molecule has 0 radical (unpaired) electrons. The smallest absolute Gasteiger partial charge is 0.229 e. The van der Waals surface area contributed by atoms with Gasteiger partial charge in [0.05, 0.1) is 0 Å². The third kappa shape index (κ3) is 2.93. The highest BCUT2D eigenvalue weighted by molar-refractivity contribution is 5.57. The van der Waals surface area contributed by atoms with Crippen LogP contribution in [0.5, 0.6) is 0 Å². The van der Waals surface area contributed by atoms with Crippen LogP contribution in [0.4, 0.5) is 23.4 Å². The Morgan fingerprint density at radius 2 is 1.95 bits per heavy atom. The molecular formula is C13H17N7. The van der Waals surface area contributed by atoms with E-state index in [1.807, 2.05) is 0 Å². The van der Waals surface area contributed by atoms with Crippen LogP contribution in [-0.2, 0) is 0 Å². The van der Waals surface area contributed by atoms with E-state index in [0.29, 0.717) is 23.4 Å². The fraction of sp³-hybridized carbons (Fsp3) is 0.385. The van der Waals surface area contributed by atoms with Crippen LogP contribution in [-0.4, -0.2) is 33.0 Å². The predicted molar refractivity (Wildman–Crippen MR) is 77.8 cm³/mol. The highest BCUT2D eigenvalue weighted by Crippen LogP contribution is 2.20. The lowest BCUT2D eigenvalue weighted by atomic mass is 10.1. The van der Waals surface area contributed by atoms with Crippen molar-refractivity contribution in [1.29, 1.82) is 0 Å². The van der Waals surface area contributed by atoms with Crippen LogP contribution in [0.15, 0.2) is 24.7 Å². The van der Waals surface area contributed by atoms with Crippen LogP contribution in [0.25, 0.3) is 0 Å². The molecule has 3 N–H and O–H groups in total. The van der Waals surface area contributed by atoms with Gasteiger partial charge in [-0.05, 0) is 25.3 Å². The number of aromatic nitrogens is 4. The van der Waals surface area contributed by atoms with Gasteiger partial charge in [-0.3, -0.25) is 0 Å². The molecule has 1 saturated heterocycles. The minimum absolute atomic E-state index is 0.456. The number of nitrogens with zero attached hydrogens (tertiary/aromatic N) is 5. The van der Waals surface area contributed by atoms with E-state index in [2.05, 4.69) is 30.2 Å². The Morgan fingerprint density at radius 1 is 1.10 bits per heavy atom. The minimum atomic E-state index is 0.456. The highest BCUT2D eigenvalue weighted by atomic mass is 15.3. The van der Waals surface area contributed by atoms with Crippen molar-refractivity contribution in [2.45, 2.75) is 19.3 Å². The summed E-state index contributed by atoms with van der Waals surface area (Å²) in [7, 11) is 0. The number of anilines is 4. The summed E-state index contributed by atoms with van der Waals surface area (Å²) in [6, 6.07) is 3.48. The third-order valence-electron chi connectivity index (χ3n) is 3.21. The van der Waals surface area contributed by atoms with Crippen molar-refractivity contribution in [3.8, 4) is 0 Å². The number of nitrogen functional groups attached to an aromatic ring is 1. The Kier molecular flexibility index (Phi) is 3.58. The molecule has 7 heteroatoms. The zero-order valence-electron chi connectivity index (χ0n) is 11.2. The number of rotatable bonds is 3. The van der Waals surface area contributed by atoms with E-state index in [4.69, 9.17) is 5.73 Å². The van der Waals surface area contributed by atoms with Gasteiger partial charge in [-0.2, -0.15) is 9.97 Å². The predicted octanol–water partition coefficient (Wildman–Crippen LogP) is 1.58. The van der Waals surface area contributed by atoms with E-state index >= 15 is 0 Å². The Morgan fingerprint density at radius 3 is 2.70 bits per heavy atom. The molecular weight excluding hydrogens is 254 g/mol. The SMILES string of the molecule is Nc1cc(Nc2ccncn2)nc(N2CCCCC2)n1. The van der Waals surface area contributed by atoms with E-state index in [1.54, 1.807) is 18.3 Å². The molecule has 0 aliphatic carbocycles. The van der Waals surface area contributed by atoms with Crippen LogP contribution in [0.1, 0.15) is 19.3 Å². The summed E-state index contributed by atoms with van der Waals surface area (Å²) in [6.45, 7) is 1.97. The average molecular weight is 271 g/mol. The van der Waals surface area contributed by atoms with Gasteiger partial charge in [0.25, 0.3) is 0 Å². The maximum Gasteiger partial charge on any atom is 0.229 e. The minimum Gasteiger partial charge on any atom is -0.383 e. The first-order valence-corrected chi connectivity index (χ1v) is 6.74. The van der Waals surface area contributed by atoms with E-state index in [0.717, 1.165) is 13.1 Å². The van der Waals surface area contributed by atoms with Crippen molar-refractivity contribution in [2.75, 3.05) is 29.0 Å². The molecule has 20 heavy (non-hydrogen) atoms. The van der Waals surface area contributed by atoms with Gasteiger partial charge in [-0.15, -0.1) is 0 Å². The lowest BCUT2D eigenvalue weighted by Gasteiger charge is -2.27. The standard InChI is InChI=1S/C13H17N7/c14-10-8-12(18-11-4-5-15-9-16-11)19-13(17-10)20-6-2-1-3-7-20/h4-5,8-9H,1-3,6-7H2,(H3,14,15,16,17,18,19). The Labute approximate surface area is 117 Å². The third-order valence-corrected chi connectivity index (χ3v) is 3.21. The molecule has 0 amide bonds. The van der Waals surface area contributed by atoms with Crippen molar-refractivity contribution < 1.29 is 0 Å². The molecule has 0 spiro atoms. The number of nitrogens with two attached hydrogens (primary N) is 1. The molecule has 3 heterocycles. The quantitative estimate of drug-likeness (QED) is 0.875. The van der Waals surface area contributed by atoms with Crippen molar-refractivity contribution in [2.24, 2.45) is 0 Å². The fourth-order valence-electron chi connectivity index (χ4n) is 2.25. The van der Waals surface area contributed by atoms with Gasteiger partial charge in [-0.25, -0.2) is 9.97 Å². The summed E-state index contributed by atoms with van der Waals surface area (Å²) in [5.41, 5.74) is 5.87. The Hall–Kier alpha value is -2.44. The molecule has 1 fully saturated rings. The fourth-order valence-corrected chi connectivity index (χ4v) is 2.25. The molecule has 0 atom stereocenters. The molecule has 0 aromatic carbocycles. The first kappa shape index (κ1) is 12.6. The van der Waals surface area contributed by atoms with E-state index in [9.17, 15) is 0 Å². The summed E-state index contributed by atoms with van der Waals surface area (Å²) >= 11 is 0. The summed E-state index contributed by atoms with van der Waals surface area (Å²) in [4.78, 5) is 19.0. The normalized spacial score (nSPS) is 15.1. The Bertz CT molecular complexity index is 566. The monoisotopic (exact) mass is 271 g/mol. The number of piperidine rings is 1. The molecule has 104 valence electrons. The van der Waals surface area contributed by atoms with Gasteiger partial charge in [0.15, 0.2) is 0 Å². The molecule has 0 unspecified atom stereocenters. The number of hydrogen-bond acceptors (Lipinski definition) is 7. The second kappa shape index (κ2) is 5.68. The van der Waals surface area contributed by atoms with E-state index in [-0.39, 0.29) is 0 Å². The lowest BCUT2D eigenvalue weighted by molar-refractivity contribution is 0.568. The van der Waals surface area contributed by atoms with Crippen LogP contribution < -0.4 is 16.0 Å². The maximum absolute atomic E-state index is 5.87. The number of nitrogens with one attached hydrogen (secondary N) is 1. The summed E-state index contributed by atoms with van der Waals surface area (Å²) in [5, 5.41) is 3.12. The average Bonchev–Trinajstić information content (AvgIpc) is 2.49. The number of hydrogen-bond donors (Lipinski definition) is 2. The first-order chi connectivity index (χ1) is 9.81. The summed E-state index contributed by atoms with van der Waals surface area (Å²) < 4.78 is 0. The van der Waals surface area contributed by atoms with Gasteiger partial charge >= 0.3 is 0 Å². The largest absolute Gasteiger partial charge is 0.383 e.